The molecule has 0 amide bonds. The maximum Gasteiger partial charge on any atom is 0.0566 e. The second kappa shape index (κ2) is 5.77. The molecule has 0 bridgehead atoms. The van der Waals surface area contributed by atoms with Crippen molar-refractivity contribution in [3.8, 4) is 0 Å². The summed E-state index contributed by atoms with van der Waals surface area (Å²) in [6.45, 7) is 6.30. The highest BCUT2D eigenvalue weighted by molar-refractivity contribution is 6.31. The quantitative estimate of drug-likeness (QED) is 0.871. The van der Waals surface area contributed by atoms with Crippen LogP contribution in [-0.4, -0.2) is 0 Å². The molecule has 0 aliphatic rings. The second-order valence-corrected chi connectivity index (χ2v) is 5.44. The van der Waals surface area contributed by atoms with E-state index in [0.29, 0.717) is 0 Å². The molecule has 100 valence electrons. The number of rotatable bonds is 3. The van der Waals surface area contributed by atoms with E-state index in [0.717, 1.165) is 22.6 Å². The Morgan fingerprint density at radius 3 is 2.21 bits per heavy atom. The van der Waals surface area contributed by atoms with Gasteiger partial charge in [-0.15, -0.1) is 0 Å². The van der Waals surface area contributed by atoms with E-state index in [4.69, 9.17) is 17.3 Å². The fraction of sp³-hybridized carbons (Fsp3) is 0.294. The van der Waals surface area contributed by atoms with Gasteiger partial charge in [-0.3, -0.25) is 0 Å². The van der Waals surface area contributed by atoms with Gasteiger partial charge in [0.25, 0.3) is 0 Å². The van der Waals surface area contributed by atoms with Crippen LogP contribution in [0.4, 0.5) is 0 Å². The molecule has 0 saturated carbocycles. The molecule has 0 aliphatic heterocycles. The van der Waals surface area contributed by atoms with Crippen molar-refractivity contribution in [2.24, 2.45) is 5.73 Å². The maximum absolute atomic E-state index is 6.34. The van der Waals surface area contributed by atoms with Gasteiger partial charge in [0, 0.05) is 5.02 Å². The lowest BCUT2D eigenvalue weighted by atomic mass is 9.95. The third-order valence-corrected chi connectivity index (χ3v) is 4.02. The van der Waals surface area contributed by atoms with Crippen molar-refractivity contribution in [3.63, 3.8) is 0 Å². The number of nitrogens with two attached hydrogens (primary N) is 1. The zero-order chi connectivity index (χ0) is 14.0. The molecular formula is C17H20ClN. The summed E-state index contributed by atoms with van der Waals surface area (Å²) in [5.41, 5.74) is 12.2. The first-order valence-corrected chi connectivity index (χ1v) is 7.01. The van der Waals surface area contributed by atoms with Gasteiger partial charge >= 0.3 is 0 Å². The van der Waals surface area contributed by atoms with Gasteiger partial charge in [0.1, 0.15) is 0 Å². The monoisotopic (exact) mass is 273 g/mol. The lowest BCUT2D eigenvalue weighted by molar-refractivity contribution is 0.867. The Bertz CT molecular complexity index is 573. The molecule has 19 heavy (non-hydrogen) atoms. The van der Waals surface area contributed by atoms with E-state index >= 15 is 0 Å². The molecule has 1 nitrogen and oxygen atoms in total. The summed E-state index contributed by atoms with van der Waals surface area (Å²) in [5.74, 6) is 0. The molecule has 1 atom stereocenters. The van der Waals surface area contributed by atoms with E-state index < -0.39 is 0 Å². The zero-order valence-corrected chi connectivity index (χ0v) is 12.5. The van der Waals surface area contributed by atoms with E-state index in [9.17, 15) is 0 Å². The molecular weight excluding hydrogens is 254 g/mol. The molecule has 0 spiro atoms. The molecule has 0 heterocycles. The van der Waals surface area contributed by atoms with Crippen LogP contribution in [0.15, 0.2) is 36.4 Å². The molecule has 2 rings (SSSR count). The summed E-state index contributed by atoms with van der Waals surface area (Å²) in [6.07, 6.45) is 1.04. The smallest absolute Gasteiger partial charge is 0.0566 e. The van der Waals surface area contributed by atoms with Crippen LogP contribution in [0.1, 0.15) is 40.8 Å². The van der Waals surface area contributed by atoms with Gasteiger partial charge in [0.2, 0.25) is 0 Å². The summed E-state index contributed by atoms with van der Waals surface area (Å²) in [7, 11) is 0. The summed E-state index contributed by atoms with van der Waals surface area (Å²) >= 11 is 6.32. The summed E-state index contributed by atoms with van der Waals surface area (Å²) in [4.78, 5) is 0. The number of benzene rings is 2. The summed E-state index contributed by atoms with van der Waals surface area (Å²) in [6, 6.07) is 12.4. The largest absolute Gasteiger partial charge is 0.320 e. The Morgan fingerprint density at radius 2 is 1.63 bits per heavy atom. The van der Waals surface area contributed by atoms with Crippen LogP contribution in [0.25, 0.3) is 0 Å². The van der Waals surface area contributed by atoms with Gasteiger partial charge in [-0.2, -0.15) is 0 Å². The van der Waals surface area contributed by atoms with Crippen molar-refractivity contribution in [3.05, 3.63) is 69.2 Å². The van der Waals surface area contributed by atoms with E-state index in [2.05, 4.69) is 51.1 Å². The molecule has 0 aliphatic carbocycles. The number of halogens is 1. The minimum atomic E-state index is -0.169. The Kier molecular flexibility index (Phi) is 4.28. The van der Waals surface area contributed by atoms with E-state index in [1.165, 1.54) is 16.7 Å². The van der Waals surface area contributed by atoms with Crippen LogP contribution >= 0.6 is 11.6 Å². The molecule has 2 aromatic rings. The zero-order valence-electron chi connectivity index (χ0n) is 11.7. The molecule has 2 aromatic carbocycles. The minimum absolute atomic E-state index is 0.169. The third kappa shape index (κ3) is 2.99. The van der Waals surface area contributed by atoms with Gasteiger partial charge in [0.05, 0.1) is 6.04 Å². The highest BCUT2D eigenvalue weighted by Gasteiger charge is 2.13. The molecule has 0 aromatic heterocycles. The lowest BCUT2D eigenvalue weighted by Crippen LogP contribution is -2.13. The minimum Gasteiger partial charge on any atom is -0.320 e. The van der Waals surface area contributed by atoms with Crippen molar-refractivity contribution >= 4 is 11.6 Å². The standard InChI is InChI=1S/C17H20ClN/c1-4-13-5-7-14(8-6-13)17(19)15-9-11(2)12(3)10-16(15)18/h5-10,17H,4,19H2,1-3H3. The van der Waals surface area contributed by atoms with Gasteiger partial charge < -0.3 is 5.73 Å². The topological polar surface area (TPSA) is 26.0 Å². The fourth-order valence-corrected chi connectivity index (χ4v) is 2.52. The van der Waals surface area contributed by atoms with Crippen LogP contribution in [0.5, 0.6) is 0 Å². The van der Waals surface area contributed by atoms with Gasteiger partial charge in [-0.25, -0.2) is 0 Å². The van der Waals surface area contributed by atoms with Crippen molar-refractivity contribution < 1.29 is 0 Å². The van der Waals surface area contributed by atoms with E-state index in [1.54, 1.807) is 0 Å². The second-order valence-electron chi connectivity index (χ2n) is 5.03. The number of hydrogen-bond acceptors (Lipinski definition) is 1. The third-order valence-electron chi connectivity index (χ3n) is 3.70. The molecule has 0 saturated heterocycles. The normalized spacial score (nSPS) is 12.5. The van der Waals surface area contributed by atoms with Crippen molar-refractivity contribution in [1.29, 1.82) is 0 Å². The molecule has 2 N–H and O–H groups in total. The Morgan fingerprint density at radius 1 is 1.05 bits per heavy atom. The van der Waals surface area contributed by atoms with Crippen LogP contribution in [0.3, 0.4) is 0 Å². The SMILES string of the molecule is CCc1ccc(C(N)c2cc(C)c(C)cc2Cl)cc1. The predicted octanol–water partition coefficient (Wildman–Crippen LogP) is 4.57. The van der Waals surface area contributed by atoms with Crippen molar-refractivity contribution in [2.75, 3.05) is 0 Å². The number of aryl methyl sites for hydroxylation is 3. The highest BCUT2D eigenvalue weighted by atomic mass is 35.5. The van der Waals surface area contributed by atoms with Crippen molar-refractivity contribution in [1.82, 2.24) is 0 Å². The first kappa shape index (κ1) is 14.1. The Labute approximate surface area is 120 Å². The van der Waals surface area contributed by atoms with E-state index in [1.807, 2.05) is 6.07 Å². The molecule has 0 fully saturated rings. The molecule has 2 heteroatoms. The van der Waals surface area contributed by atoms with Gasteiger partial charge in [-0.05, 0) is 54.2 Å². The molecule has 1 unspecified atom stereocenters. The first-order chi connectivity index (χ1) is 9.02. The summed E-state index contributed by atoms with van der Waals surface area (Å²) < 4.78 is 0. The Balaban J connectivity index is 2.37. The number of hydrogen-bond donors (Lipinski definition) is 1. The lowest BCUT2D eigenvalue weighted by Gasteiger charge is -2.16. The molecule has 0 radical (unpaired) electrons. The van der Waals surface area contributed by atoms with Crippen LogP contribution in [0.2, 0.25) is 5.02 Å². The predicted molar refractivity (Wildman–Crippen MR) is 82.8 cm³/mol. The van der Waals surface area contributed by atoms with Gasteiger partial charge in [-0.1, -0.05) is 48.9 Å². The first-order valence-electron chi connectivity index (χ1n) is 6.64. The van der Waals surface area contributed by atoms with Crippen LogP contribution in [-0.2, 0) is 6.42 Å². The maximum atomic E-state index is 6.34. The van der Waals surface area contributed by atoms with Crippen LogP contribution in [0, 0.1) is 13.8 Å². The average Bonchev–Trinajstić information content (AvgIpc) is 2.42. The Hall–Kier alpha value is -1.31. The van der Waals surface area contributed by atoms with Crippen LogP contribution < -0.4 is 5.73 Å². The fourth-order valence-electron chi connectivity index (χ4n) is 2.18. The summed E-state index contributed by atoms with van der Waals surface area (Å²) in [5, 5.41) is 0.746. The van der Waals surface area contributed by atoms with Gasteiger partial charge in [0.15, 0.2) is 0 Å². The average molecular weight is 274 g/mol. The van der Waals surface area contributed by atoms with E-state index in [-0.39, 0.29) is 6.04 Å². The highest BCUT2D eigenvalue weighted by Crippen LogP contribution is 2.29. The van der Waals surface area contributed by atoms with Crippen molar-refractivity contribution in [2.45, 2.75) is 33.2 Å².